The van der Waals surface area contributed by atoms with Crippen LogP contribution in [0.25, 0.3) is 0 Å². The number of fused-ring (bicyclic) bond motifs is 2. The Morgan fingerprint density at radius 2 is 1.57 bits per heavy atom. The van der Waals surface area contributed by atoms with Crippen molar-refractivity contribution in [3.05, 3.63) is 59.7 Å². The Morgan fingerprint density at radius 3 is 2.14 bits per heavy atom. The summed E-state index contributed by atoms with van der Waals surface area (Å²) in [7, 11) is 1.55. The molecule has 2 fully saturated rings. The number of hydrogen-bond acceptors (Lipinski definition) is 8. The normalized spacial score (nSPS) is 27.3. The molecule has 0 saturated carbocycles. The van der Waals surface area contributed by atoms with Crippen molar-refractivity contribution in [2.75, 3.05) is 13.7 Å². The third-order valence-corrected chi connectivity index (χ3v) is 7.61. The van der Waals surface area contributed by atoms with Gasteiger partial charge in [-0.05, 0) is 48.4 Å². The van der Waals surface area contributed by atoms with Gasteiger partial charge in [-0.2, -0.15) is 15.8 Å². The van der Waals surface area contributed by atoms with E-state index in [1.165, 1.54) is 0 Å². The van der Waals surface area contributed by atoms with Crippen LogP contribution in [0.1, 0.15) is 56.8 Å². The van der Waals surface area contributed by atoms with Gasteiger partial charge in [0.15, 0.2) is 5.41 Å². The molecule has 2 saturated heterocycles. The van der Waals surface area contributed by atoms with Gasteiger partial charge in [0.25, 0.3) is 0 Å². The molecular weight excluding hydrogens is 468 g/mol. The van der Waals surface area contributed by atoms with Crippen molar-refractivity contribution in [1.82, 2.24) is 0 Å². The molecule has 8 heteroatoms. The molecule has 2 aliphatic rings. The van der Waals surface area contributed by atoms with E-state index in [0.29, 0.717) is 29.2 Å². The third kappa shape index (κ3) is 3.79. The first-order valence-electron chi connectivity index (χ1n) is 12.5. The van der Waals surface area contributed by atoms with Crippen molar-refractivity contribution < 1.29 is 18.9 Å². The van der Waals surface area contributed by atoms with Crippen LogP contribution in [0.5, 0.6) is 11.5 Å². The molecule has 190 valence electrons. The Hall–Kier alpha value is -4.06. The molecule has 8 nitrogen and oxygen atoms in total. The molecule has 2 bridgehead atoms. The highest BCUT2D eigenvalue weighted by atomic mass is 16.7. The van der Waals surface area contributed by atoms with Gasteiger partial charge in [-0.1, -0.05) is 45.2 Å². The maximum atomic E-state index is 10.4. The lowest BCUT2D eigenvalue weighted by Crippen LogP contribution is -2.57. The fourth-order valence-corrected chi connectivity index (χ4v) is 5.45. The summed E-state index contributed by atoms with van der Waals surface area (Å²) in [6.45, 7) is 4.44. The van der Waals surface area contributed by atoms with Crippen molar-refractivity contribution >= 4 is 5.90 Å². The summed E-state index contributed by atoms with van der Waals surface area (Å²) in [5, 5.41) is 39.9. The van der Waals surface area contributed by atoms with E-state index < -0.39 is 34.5 Å². The Balaban J connectivity index is 1.76. The van der Waals surface area contributed by atoms with E-state index in [9.17, 15) is 15.8 Å². The molecule has 0 aliphatic carbocycles. The van der Waals surface area contributed by atoms with Crippen LogP contribution in [0.2, 0.25) is 0 Å². The molecule has 0 spiro atoms. The highest BCUT2D eigenvalue weighted by Gasteiger charge is 2.79. The molecule has 2 aromatic rings. The van der Waals surface area contributed by atoms with E-state index in [1.807, 2.05) is 0 Å². The maximum Gasteiger partial charge on any atom is 0.244 e. The molecule has 2 heterocycles. The van der Waals surface area contributed by atoms with Gasteiger partial charge in [-0.3, -0.25) is 5.41 Å². The van der Waals surface area contributed by atoms with Crippen LogP contribution >= 0.6 is 0 Å². The molecule has 2 aliphatic heterocycles. The number of unbranched alkanes of at least 4 members (excludes halogenated alkanes) is 3. The Morgan fingerprint density at radius 1 is 0.919 bits per heavy atom. The molecule has 0 aromatic heterocycles. The van der Waals surface area contributed by atoms with Crippen LogP contribution in [-0.4, -0.2) is 19.6 Å². The van der Waals surface area contributed by atoms with E-state index in [-0.39, 0.29) is 0 Å². The maximum absolute atomic E-state index is 10.4. The van der Waals surface area contributed by atoms with Crippen molar-refractivity contribution in [1.29, 1.82) is 21.2 Å². The van der Waals surface area contributed by atoms with Crippen molar-refractivity contribution in [2.24, 2.45) is 16.7 Å². The Labute approximate surface area is 217 Å². The smallest absolute Gasteiger partial charge is 0.244 e. The predicted molar refractivity (Wildman–Crippen MR) is 134 cm³/mol. The van der Waals surface area contributed by atoms with E-state index in [4.69, 9.17) is 24.4 Å². The lowest BCUT2D eigenvalue weighted by atomic mass is 9.53. The summed E-state index contributed by atoms with van der Waals surface area (Å²) >= 11 is 0. The van der Waals surface area contributed by atoms with Gasteiger partial charge in [0, 0.05) is 5.56 Å². The number of rotatable bonds is 9. The second-order valence-corrected chi connectivity index (χ2v) is 9.48. The quantitative estimate of drug-likeness (QED) is 0.434. The highest BCUT2D eigenvalue weighted by molar-refractivity contribution is 5.89. The fourth-order valence-electron chi connectivity index (χ4n) is 5.45. The number of ether oxygens (including phenoxy) is 4. The molecule has 2 aromatic carbocycles. The summed E-state index contributed by atoms with van der Waals surface area (Å²) in [6.07, 6.45) is 3.21. The molecule has 4 unspecified atom stereocenters. The SMILES string of the molecule is CCCCCCOc1ccc(C2OC3(c4ccc(OC)cc4)OC(=N)C(C#N)(C3C)C2(C#N)C#N)cc1. The minimum atomic E-state index is -2.02. The zero-order chi connectivity index (χ0) is 26.7. The lowest BCUT2D eigenvalue weighted by molar-refractivity contribution is -0.288. The van der Waals surface area contributed by atoms with Crippen molar-refractivity contribution in [2.45, 2.75) is 51.4 Å². The first-order chi connectivity index (χ1) is 17.9. The molecule has 4 atom stereocenters. The average Bonchev–Trinajstić information content (AvgIpc) is 3.09. The predicted octanol–water partition coefficient (Wildman–Crippen LogP) is 5.77. The van der Waals surface area contributed by atoms with Crippen LogP contribution in [0.4, 0.5) is 0 Å². The Kier molecular flexibility index (Phi) is 7.12. The summed E-state index contributed by atoms with van der Waals surface area (Å²) in [4.78, 5) is 0. The molecule has 0 amide bonds. The van der Waals surface area contributed by atoms with Gasteiger partial charge < -0.3 is 18.9 Å². The zero-order valence-electron chi connectivity index (χ0n) is 21.3. The lowest BCUT2D eigenvalue weighted by Gasteiger charge is -2.48. The number of hydrogen-bond donors (Lipinski definition) is 1. The number of methoxy groups -OCH3 is 1. The van der Waals surface area contributed by atoms with Crippen molar-refractivity contribution in [3.8, 4) is 29.7 Å². The minimum absolute atomic E-state index is 0.448. The molecule has 4 rings (SSSR count). The summed E-state index contributed by atoms with van der Waals surface area (Å²) < 4.78 is 23.7. The monoisotopic (exact) mass is 498 g/mol. The second kappa shape index (κ2) is 10.1. The van der Waals surface area contributed by atoms with E-state index >= 15 is 0 Å². The molecule has 37 heavy (non-hydrogen) atoms. The van der Waals surface area contributed by atoms with Gasteiger partial charge in [0.2, 0.25) is 17.1 Å². The fraction of sp³-hybridized carbons (Fsp3) is 0.448. The van der Waals surface area contributed by atoms with Crippen LogP contribution < -0.4 is 9.47 Å². The first-order valence-corrected chi connectivity index (χ1v) is 12.5. The third-order valence-electron chi connectivity index (χ3n) is 7.61. The van der Waals surface area contributed by atoms with Crippen LogP contribution in [0.15, 0.2) is 48.5 Å². The summed E-state index contributed by atoms with van der Waals surface area (Å²) in [5.74, 6) is -1.54. The zero-order valence-corrected chi connectivity index (χ0v) is 21.3. The van der Waals surface area contributed by atoms with E-state index in [2.05, 4.69) is 25.1 Å². The number of nitriles is 3. The van der Waals surface area contributed by atoms with Gasteiger partial charge in [0.1, 0.15) is 17.6 Å². The first kappa shape index (κ1) is 26.0. The van der Waals surface area contributed by atoms with Gasteiger partial charge in [0.05, 0.1) is 37.8 Å². The van der Waals surface area contributed by atoms with E-state index in [0.717, 1.165) is 25.7 Å². The second-order valence-electron chi connectivity index (χ2n) is 9.48. The number of nitrogens with one attached hydrogen (secondary N) is 1. The van der Waals surface area contributed by atoms with Crippen molar-refractivity contribution in [3.63, 3.8) is 0 Å². The molecular formula is C29H30N4O4. The number of benzene rings is 2. The van der Waals surface area contributed by atoms with Gasteiger partial charge in [-0.25, -0.2) is 0 Å². The molecule has 0 radical (unpaired) electrons. The van der Waals surface area contributed by atoms with Gasteiger partial charge in [-0.15, -0.1) is 0 Å². The minimum Gasteiger partial charge on any atom is -0.497 e. The average molecular weight is 499 g/mol. The topological polar surface area (TPSA) is 132 Å². The van der Waals surface area contributed by atoms with Crippen LogP contribution in [0.3, 0.4) is 0 Å². The largest absolute Gasteiger partial charge is 0.497 e. The van der Waals surface area contributed by atoms with Crippen LogP contribution in [0, 0.1) is 56.2 Å². The standard InChI is InChI=1S/C29H30N4O4/c1-4-5-6-7-16-35-24-12-8-21(9-13-24)25-27(17-30,18-31)28(19-32)20(2)29(36-25,37-26(28)33)22-10-14-23(34-3)15-11-22/h8-15,20,25,33H,4-7,16H2,1-3H3. The van der Waals surface area contributed by atoms with E-state index in [1.54, 1.807) is 62.6 Å². The summed E-state index contributed by atoms with van der Waals surface area (Å²) in [6, 6.07) is 20.3. The Bertz CT molecular complexity index is 1260. The highest BCUT2D eigenvalue weighted by Crippen LogP contribution is 2.69. The van der Waals surface area contributed by atoms with Crippen LogP contribution in [-0.2, 0) is 15.3 Å². The van der Waals surface area contributed by atoms with Gasteiger partial charge >= 0.3 is 0 Å². The molecule has 1 N–H and O–H groups in total. The number of nitrogens with zero attached hydrogens (tertiary/aromatic N) is 3. The summed E-state index contributed by atoms with van der Waals surface area (Å²) in [5.41, 5.74) is -2.80.